The van der Waals surface area contributed by atoms with Gasteiger partial charge in [0.05, 0.1) is 31.0 Å². The largest absolute Gasteiger partial charge is 0.469 e. The number of fused-ring (bicyclic) bond motifs is 8. The minimum atomic E-state index is -0.904. The highest BCUT2D eigenvalue weighted by Crippen LogP contribution is 2.43. The zero-order valence-corrected chi connectivity index (χ0v) is 29.6. The quantitative estimate of drug-likeness (QED) is 0.261. The summed E-state index contributed by atoms with van der Waals surface area (Å²) in [5, 5.41) is 0. The summed E-state index contributed by atoms with van der Waals surface area (Å²) in [6.07, 6.45) is 3.14. The first-order valence-electron chi connectivity index (χ1n) is 16.2. The number of hydrogen-bond donors (Lipinski definition) is 2. The van der Waals surface area contributed by atoms with Crippen LogP contribution in [0.25, 0.3) is 38.8 Å². The van der Waals surface area contributed by atoms with E-state index in [1.807, 2.05) is 45.9 Å². The Balaban J connectivity index is 1.91. The molecule has 256 valence electrons. The van der Waals surface area contributed by atoms with Gasteiger partial charge in [-0.2, -0.15) is 0 Å². The zero-order chi connectivity index (χ0) is 35.8. The van der Waals surface area contributed by atoms with E-state index in [9.17, 15) is 14.4 Å². The molecule has 2 aliphatic rings. The highest BCUT2D eigenvalue weighted by Gasteiger charge is 2.41. The number of rotatable bonds is 9. The molecule has 0 fully saturated rings. The number of hydrogen-bond acceptors (Lipinski definition) is 8. The molecule has 3 aromatic rings. The first-order chi connectivity index (χ1) is 23.2. The summed E-state index contributed by atoms with van der Waals surface area (Å²) in [5.74, 6) is 0.191. The molecule has 0 saturated carbocycles. The minimum Gasteiger partial charge on any atom is -0.469 e. The molecule has 8 bridgehead atoms. The van der Waals surface area contributed by atoms with E-state index < -0.39 is 5.41 Å². The molecule has 49 heavy (non-hydrogen) atoms. The van der Waals surface area contributed by atoms with Gasteiger partial charge in [-0.15, -0.1) is 0 Å². The lowest BCUT2D eigenvalue weighted by atomic mass is 9.79. The molecule has 0 spiro atoms. The maximum atomic E-state index is 13.2. The Morgan fingerprint density at radius 1 is 0.837 bits per heavy atom. The van der Waals surface area contributed by atoms with Crippen molar-refractivity contribution in [2.24, 2.45) is 0 Å². The van der Waals surface area contributed by atoms with Crippen LogP contribution in [0.5, 0.6) is 0 Å². The van der Waals surface area contributed by atoms with E-state index in [0.29, 0.717) is 41.5 Å². The van der Waals surface area contributed by atoms with Gasteiger partial charge in [0, 0.05) is 61.0 Å². The Hall–Kier alpha value is -5.32. The van der Waals surface area contributed by atoms with E-state index in [-0.39, 0.29) is 37.1 Å². The number of allylic oxidation sites excluding steroid dienone is 4. The standard InChI is InChI=1S/C38H44N6O5/c1-11-24-20(2)29-16-27-21(3)25(12-14-34(46)48-9)31(39-27)18-32-26(13-15-35(47)49-10)22(4)28(40-32)17-30-23(5)38(6,19-33(45)44(7)8)37(42-30)43-36(24)41-29/h11,16-18,39-40H,1,5,12-15,19H2,2-4,6-10H3. The van der Waals surface area contributed by atoms with E-state index in [4.69, 9.17) is 24.4 Å². The molecule has 0 radical (unpaired) electrons. The second-order valence-electron chi connectivity index (χ2n) is 13.0. The topological polar surface area (TPSA) is 143 Å². The first kappa shape index (κ1) is 35.0. The fourth-order valence-corrected chi connectivity index (χ4v) is 6.38. The molecule has 0 aliphatic carbocycles. The summed E-state index contributed by atoms with van der Waals surface area (Å²) >= 11 is 0. The molecule has 11 heteroatoms. The Labute approximate surface area is 286 Å². The van der Waals surface area contributed by atoms with Gasteiger partial charge in [0.25, 0.3) is 0 Å². The van der Waals surface area contributed by atoms with Gasteiger partial charge in [-0.1, -0.05) is 19.2 Å². The van der Waals surface area contributed by atoms with Gasteiger partial charge in [-0.3, -0.25) is 14.4 Å². The number of carbonyl (C=O) groups excluding carboxylic acids is 3. The predicted octanol–water partition coefficient (Wildman–Crippen LogP) is 6.10. The lowest BCUT2D eigenvalue weighted by molar-refractivity contribution is -0.141. The number of amides is 1. The van der Waals surface area contributed by atoms with Crippen molar-refractivity contribution in [2.75, 3.05) is 28.3 Å². The van der Waals surface area contributed by atoms with Crippen LogP contribution in [0.1, 0.15) is 78.4 Å². The molecule has 0 saturated heterocycles. The van der Waals surface area contributed by atoms with Crippen molar-refractivity contribution in [2.45, 2.75) is 65.2 Å². The second kappa shape index (κ2) is 13.7. The van der Waals surface area contributed by atoms with Gasteiger partial charge >= 0.3 is 11.9 Å². The Kier molecular flexibility index (Phi) is 9.76. The van der Waals surface area contributed by atoms with Crippen molar-refractivity contribution >= 4 is 56.6 Å². The third kappa shape index (κ3) is 6.57. The minimum absolute atomic E-state index is 0.0814. The number of nitrogens with zero attached hydrogens (tertiary/aromatic N) is 4. The van der Waals surface area contributed by atoms with Crippen LogP contribution < -0.4 is 0 Å². The van der Waals surface area contributed by atoms with Gasteiger partial charge in [0.1, 0.15) is 5.82 Å². The number of esters is 2. The molecule has 0 aromatic carbocycles. The Morgan fingerprint density at radius 2 is 1.37 bits per heavy atom. The number of ether oxygens (including phenoxy) is 2. The monoisotopic (exact) mass is 664 g/mol. The molecular weight excluding hydrogens is 620 g/mol. The van der Waals surface area contributed by atoms with Crippen LogP contribution >= 0.6 is 0 Å². The van der Waals surface area contributed by atoms with Crippen molar-refractivity contribution in [1.29, 1.82) is 0 Å². The lowest BCUT2D eigenvalue weighted by Gasteiger charge is -2.25. The summed E-state index contributed by atoms with van der Waals surface area (Å²) in [4.78, 5) is 61.3. The van der Waals surface area contributed by atoms with Crippen LogP contribution in [0.2, 0.25) is 0 Å². The summed E-state index contributed by atoms with van der Waals surface area (Å²) in [6, 6.07) is 5.91. The number of H-pyrrole nitrogens is 2. The molecule has 2 aliphatic heterocycles. The third-order valence-electron chi connectivity index (χ3n) is 9.74. The van der Waals surface area contributed by atoms with E-state index in [2.05, 4.69) is 23.1 Å². The summed E-state index contributed by atoms with van der Waals surface area (Å²) < 4.78 is 9.91. The van der Waals surface area contributed by atoms with Gasteiger partial charge < -0.3 is 24.3 Å². The smallest absolute Gasteiger partial charge is 0.305 e. The number of methoxy groups -OCH3 is 2. The lowest BCUT2D eigenvalue weighted by Crippen LogP contribution is -2.32. The second-order valence-corrected chi connectivity index (χ2v) is 13.0. The molecule has 3 aromatic heterocycles. The van der Waals surface area contributed by atoms with Crippen LogP contribution in [0.4, 0.5) is 0 Å². The molecule has 1 amide bonds. The average molecular weight is 665 g/mol. The van der Waals surface area contributed by atoms with Gasteiger partial charge in [-0.25, -0.2) is 15.0 Å². The maximum Gasteiger partial charge on any atom is 0.305 e. The van der Waals surface area contributed by atoms with Crippen LogP contribution in [-0.4, -0.2) is 76.0 Å². The van der Waals surface area contributed by atoms with Crippen LogP contribution in [-0.2, 0) is 42.1 Å². The SMILES string of the molecule is C=CC1=C(C)c2cc3[nH]c(cc4[nH]c(cc5nc(nc1n2)C(C)(CC(=O)N(C)C)C5=C)c(C)c4CCC(=O)OC)c(CCC(=O)OC)c3C. The number of nitrogens with one attached hydrogen (secondary N) is 2. The highest BCUT2D eigenvalue weighted by molar-refractivity contribution is 5.95. The highest BCUT2D eigenvalue weighted by atomic mass is 16.5. The summed E-state index contributed by atoms with van der Waals surface area (Å²) in [6.45, 7) is 16.4. The number of aromatic amines is 2. The van der Waals surface area contributed by atoms with E-state index in [0.717, 1.165) is 55.5 Å². The summed E-state index contributed by atoms with van der Waals surface area (Å²) in [7, 11) is 6.21. The van der Waals surface area contributed by atoms with Crippen molar-refractivity contribution in [1.82, 2.24) is 29.8 Å². The number of aromatic nitrogens is 5. The molecule has 5 rings (SSSR count). The summed E-state index contributed by atoms with van der Waals surface area (Å²) in [5.41, 5.74) is 9.73. The molecular formula is C38H44N6O5. The number of carbonyl (C=O) groups is 3. The zero-order valence-electron chi connectivity index (χ0n) is 29.6. The third-order valence-corrected chi connectivity index (χ3v) is 9.74. The number of aryl methyl sites for hydroxylation is 4. The van der Waals surface area contributed by atoms with Crippen LogP contribution in [0, 0.1) is 13.8 Å². The van der Waals surface area contributed by atoms with Gasteiger partial charge in [-0.05, 0) is 92.1 Å². The molecule has 2 N–H and O–H groups in total. The van der Waals surface area contributed by atoms with E-state index in [1.54, 1.807) is 25.1 Å². The molecule has 1 atom stereocenters. The van der Waals surface area contributed by atoms with Crippen LogP contribution in [0.3, 0.4) is 0 Å². The molecule has 5 heterocycles. The molecule has 11 nitrogen and oxygen atoms in total. The Morgan fingerprint density at radius 3 is 1.86 bits per heavy atom. The predicted molar refractivity (Wildman–Crippen MR) is 191 cm³/mol. The fraction of sp³-hybridized carbons (Fsp3) is 0.368. The fourth-order valence-electron chi connectivity index (χ4n) is 6.38. The van der Waals surface area contributed by atoms with Gasteiger partial charge in [0.15, 0.2) is 5.82 Å². The van der Waals surface area contributed by atoms with Gasteiger partial charge in [0.2, 0.25) is 5.91 Å². The van der Waals surface area contributed by atoms with E-state index in [1.165, 1.54) is 14.2 Å². The first-order valence-corrected chi connectivity index (χ1v) is 16.2. The van der Waals surface area contributed by atoms with Crippen molar-refractivity contribution in [3.05, 3.63) is 82.7 Å². The van der Waals surface area contributed by atoms with Crippen LogP contribution in [0.15, 0.2) is 37.4 Å². The van der Waals surface area contributed by atoms with Crippen molar-refractivity contribution in [3.63, 3.8) is 0 Å². The van der Waals surface area contributed by atoms with Crippen molar-refractivity contribution in [3.8, 4) is 0 Å². The average Bonchev–Trinajstić information content (AvgIpc) is 3.71. The van der Waals surface area contributed by atoms with E-state index >= 15 is 0 Å². The van der Waals surface area contributed by atoms with Crippen molar-refractivity contribution < 1.29 is 23.9 Å². The molecule has 1 unspecified atom stereocenters. The maximum absolute atomic E-state index is 13.2. The normalized spacial score (nSPS) is 15.7. The Bertz CT molecular complexity index is 2100.